The quantitative estimate of drug-likeness (QED) is 0.173. The minimum atomic E-state index is -1.72. The van der Waals surface area contributed by atoms with Crippen molar-refractivity contribution in [3.63, 3.8) is 0 Å². The van der Waals surface area contributed by atoms with Crippen LogP contribution in [-0.2, 0) is 10.8 Å². The average molecular weight is 641 g/mol. The Morgan fingerprint density at radius 1 is 0.600 bits per heavy atom. The maximum atomic E-state index is 6.96. The largest absolute Gasteiger partial charge is 0.399 e. The van der Waals surface area contributed by atoms with Crippen LogP contribution < -0.4 is 15.1 Å². The van der Waals surface area contributed by atoms with Crippen molar-refractivity contribution in [2.24, 2.45) is 0 Å². The van der Waals surface area contributed by atoms with Crippen molar-refractivity contribution >= 4 is 48.7 Å². The Morgan fingerprint density at radius 2 is 1.00 bits per heavy atom. The van der Waals surface area contributed by atoms with Gasteiger partial charge in [-0.3, -0.25) is 4.52 Å². The molecule has 5 aromatic rings. The van der Waals surface area contributed by atoms with Gasteiger partial charge in [0.25, 0.3) is 0 Å². The van der Waals surface area contributed by atoms with E-state index in [2.05, 4.69) is 144 Å². The molecule has 0 saturated carbocycles. The highest BCUT2D eigenvalue weighted by Crippen LogP contribution is 2.45. The molecule has 45 heavy (non-hydrogen) atoms. The standard InChI is InChI=1S/C40H50O3P2/c1-25-17-13-15-19-33(25)44(34-20-16-14-18-26(34)2)22-21-41-45-42-37-31(39(7,8)9)23-27(3)29(5)35(37)36-30(6)28(4)24-32(38(36)43-45)40(10,11)12/h13-20,23-24H,21-22H2,1-12H3. The van der Waals surface area contributed by atoms with Gasteiger partial charge in [-0.1, -0.05) is 102 Å². The lowest BCUT2D eigenvalue weighted by Gasteiger charge is -2.23. The third kappa shape index (κ3) is 6.69. The Labute approximate surface area is 272 Å². The van der Waals surface area contributed by atoms with Crippen LogP contribution in [0.25, 0.3) is 21.9 Å². The highest BCUT2D eigenvalue weighted by atomic mass is 31.1. The molecule has 1 heterocycles. The van der Waals surface area contributed by atoms with E-state index in [1.54, 1.807) is 0 Å². The van der Waals surface area contributed by atoms with Crippen molar-refractivity contribution in [3.05, 3.63) is 105 Å². The molecule has 0 fully saturated rings. The van der Waals surface area contributed by atoms with E-state index in [0.717, 1.165) is 28.1 Å². The van der Waals surface area contributed by atoms with Gasteiger partial charge in [-0.05, 0) is 104 Å². The van der Waals surface area contributed by atoms with E-state index in [-0.39, 0.29) is 10.8 Å². The predicted molar refractivity (Wildman–Crippen MR) is 198 cm³/mol. The Balaban J connectivity index is 1.74. The highest BCUT2D eigenvalue weighted by Gasteiger charge is 2.27. The molecule has 0 radical (unpaired) electrons. The molecular formula is C40H50O3P2. The number of rotatable bonds is 6. The second-order valence-corrected chi connectivity index (χ2v) is 17.9. The summed E-state index contributed by atoms with van der Waals surface area (Å²) in [6, 6.07) is 22.2. The summed E-state index contributed by atoms with van der Waals surface area (Å²) in [7, 11) is -2.34. The molecule has 4 aromatic carbocycles. The Kier molecular flexibility index (Phi) is 9.50. The molecule has 0 spiro atoms. The van der Waals surface area contributed by atoms with Gasteiger partial charge >= 0.3 is 8.24 Å². The first kappa shape index (κ1) is 33.5. The summed E-state index contributed by atoms with van der Waals surface area (Å²) in [6.45, 7) is 27.4. The maximum Gasteiger partial charge on any atom is 0.387 e. The van der Waals surface area contributed by atoms with Crippen molar-refractivity contribution < 1.29 is 12.9 Å². The van der Waals surface area contributed by atoms with Gasteiger partial charge in [0.15, 0.2) is 0 Å². The van der Waals surface area contributed by atoms with Crippen molar-refractivity contribution in [3.8, 4) is 0 Å². The molecule has 238 valence electrons. The van der Waals surface area contributed by atoms with Crippen LogP contribution in [0.15, 0.2) is 69.1 Å². The van der Waals surface area contributed by atoms with Crippen LogP contribution in [0, 0.1) is 41.5 Å². The molecule has 5 heteroatoms. The lowest BCUT2D eigenvalue weighted by molar-refractivity contribution is 0.395. The second kappa shape index (κ2) is 12.8. The van der Waals surface area contributed by atoms with Crippen LogP contribution in [-0.4, -0.2) is 12.8 Å². The average Bonchev–Trinajstić information content (AvgIpc) is 3.12. The Hall–Kier alpha value is -2.83. The van der Waals surface area contributed by atoms with Crippen molar-refractivity contribution in [1.29, 1.82) is 0 Å². The zero-order valence-electron chi connectivity index (χ0n) is 29.3. The number of hydrogen-bond donors (Lipinski definition) is 0. The summed E-state index contributed by atoms with van der Waals surface area (Å²) < 4.78 is 20.7. The molecule has 3 nitrogen and oxygen atoms in total. The fraction of sp³-hybridized carbons (Fsp3) is 0.400. The van der Waals surface area contributed by atoms with Gasteiger partial charge in [0, 0.05) is 28.1 Å². The molecule has 0 bridgehead atoms. The molecule has 0 aliphatic heterocycles. The first-order valence-electron chi connectivity index (χ1n) is 16.1. The monoisotopic (exact) mass is 640 g/mol. The third-order valence-electron chi connectivity index (χ3n) is 9.12. The first-order chi connectivity index (χ1) is 21.1. The topological polar surface area (TPSA) is 35.5 Å². The Bertz CT molecular complexity index is 1790. The van der Waals surface area contributed by atoms with Gasteiger partial charge in [0.05, 0.1) is 6.61 Å². The fourth-order valence-corrected chi connectivity index (χ4v) is 9.97. The molecule has 0 amide bonds. The first-order valence-corrected chi connectivity index (χ1v) is 18.7. The molecule has 0 aliphatic carbocycles. The molecule has 1 aromatic heterocycles. The smallest absolute Gasteiger partial charge is 0.387 e. The maximum absolute atomic E-state index is 6.96. The molecule has 0 atom stereocenters. The lowest BCUT2D eigenvalue weighted by atomic mass is 9.81. The summed E-state index contributed by atoms with van der Waals surface area (Å²) in [5, 5.41) is 5.10. The van der Waals surface area contributed by atoms with E-state index in [1.165, 1.54) is 55.1 Å². The zero-order chi connectivity index (χ0) is 32.8. The molecule has 0 unspecified atom stereocenters. The van der Waals surface area contributed by atoms with Crippen molar-refractivity contribution in [2.75, 3.05) is 12.8 Å². The third-order valence-corrected chi connectivity index (χ3v) is 13.0. The van der Waals surface area contributed by atoms with Crippen molar-refractivity contribution in [1.82, 2.24) is 0 Å². The van der Waals surface area contributed by atoms with E-state index in [1.807, 2.05) is 0 Å². The number of aryl methyl sites for hydroxylation is 6. The minimum Gasteiger partial charge on any atom is -0.399 e. The summed E-state index contributed by atoms with van der Waals surface area (Å²) in [5.41, 5.74) is 11.6. The molecular weight excluding hydrogens is 590 g/mol. The Morgan fingerprint density at radius 3 is 1.38 bits per heavy atom. The van der Waals surface area contributed by atoms with Gasteiger partial charge in [-0.15, -0.1) is 0 Å². The second-order valence-electron chi connectivity index (χ2n) is 14.6. The highest BCUT2D eigenvalue weighted by molar-refractivity contribution is 7.73. The van der Waals surface area contributed by atoms with Crippen LogP contribution in [0.3, 0.4) is 0 Å². The predicted octanol–water partition coefficient (Wildman–Crippen LogP) is 11.3. The summed E-state index contributed by atoms with van der Waals surface area (Å²) >= 11 is 0. The normalized spacial score (nSPS) is 12.5. The summed E-state index contributed by atoms with van der Waals surface area (Å²) in [5.74, 6) is 0. The fourth-order valence-electron chi connectivity index (χ4n) is 6.22. The van der Waals surface area contributed by atoms with Crippen LogP contribution in [0.1, 0.15) is 86.1 Å². The molecule has 0 aliphatic rings. The van der Waals surface area contributed by atoms with Gasteiger partial charge in [-0.2, -0.15) is 0 Å². The van der Waals surface area contributed by atoms with Crippen molar-refractivity contribution in [2.45, 2.75) is 93.9 Å². The van der Waals surface area contributed by atoms with E-state index in [9.17, 15) is 0 Å². The van der Waals surface area contributed by atoms with Gasteiger partial charge in [-0.25, -0.2) is 0 Å². The van der Waals surface area contributed by atoms with Gasteiger partial charge in [0.2, 0.25) is 0 Å². The number of benzene rings is 4. The summed E-state index contributed by atoms with van der Waals surface area (Å²) in [6.07, 6.45) is 0.883. The molecule has 0 N–H and O–H groups in total. The van der Waals surface area contributed by atoms with Gasteiger partial charge in [0.1, 0.15) is 11.2 Å². The van der Waals surface area contributed by atoms with E-state index in [4.69, 9.17) is 12.9 Å². The SMILES string of the molecule is Cc1ccccc1P(CCOp1oc2c(C(C)(C)C)cc(C)c(C)c2c2c(C)c(C)cc(C(C)(C)C)c2o1)c1ccccc1C. The van der Waals surface area contributed by atoms with Crippen LogP contribution in [0.2, 0.25) is 0 Å². The van der Waals surface area contributed by atoms with Crippen LogP contribution in [0.5, 0.6) is 0 Å². The minimum absolute atomic E-state index is 0.122. The number of fused-ring (bicyclic) bond motifs is 3. The van der Waals surface area contributed by atoms with E-state index >= 15 is 0 Å². The van der Waals surface area contributed by atoms with E-state index in [0.29, 0.717) is 6.61 Å². The van der Waals surface area contributed by atoms with E-state index < -0.39 is 16.2 Å². The number of hydrogen-bond acceptors (Lipinski definition) is 3. The molecule has 0 saturated heterocycles. The lowest BCUT2D eigenvalue weighted by Crippen LogP contribution is -2.20. The van der Waals surface area contributed by atoms with Crippen LogP contribution >= 0.6 is 16.2 Å². The van der Waals surface area contributed by atoms with Gasteiger partial charge < -0.3 is 8.39 Å². The zero-order valence-corrected chi connectivity index (χ0v) is 31.1. The van der Waals surface area contributed by atoms with Crippen LogP contribution in [0.4, 0.5) is 0 Å². The summed E-state index contributed by atoms with van der Waals surface area (Å²) in [4.78, 5) is 0. The molecule has 5 rings (SSSR count).